The predicted molar refractivity (Wildman–Crippen MR) is 490 cm³/mol. The minimum atomic E-state index is 0.902. The SMILES string of the molecule is c1ccc2c(c1)oc1c(-c3ccc(-n4c5ccccc5c5c6ccc7c8ccccc8oc7c6ccc54)cc3)cccc12.c1ccc2c(c1)oc1c(-n3c4ccccc4c4c5ccc6c7ccccc7oc6c5ccc43)cccc12.c1ccc2c(c1)oc1c2ccc2c1ccc1c2c2ccccc2n1-c1cccc2c1sc1ccccc12. The lowest BCUT2D eigenvalue weighted by Gasteiger charge is -2.10. The van der Waals surface area contributed by atoms with E-state index in [0.717, 1.165) is 149 Å². The van der Waals surface area contributed by atoms with E-state index in [1.807, 2.05) is 65.9 Å². The Morgan fingerprint density at radius 2 is 0.487 bits per heavy atom. The second kappa shape index (κ2) is 24.5. The summed E-state index contributed by atoms with van der Waals surface area (Å²) in [6, 6.07) is 131. The number of hydrogen-bond donors (Lipinski definition) is 0. The maximum absolute atomic E-state index is 6.45. The number of benzene rings is 19. The summed E-state index contributed by atoms with van der Waals surface area (Å²) >= 11 is 1.88. The van der Waals surface area contributed by atoms with Crippen LogP contribution in [0.3, 0.4) is 0 Å². The second-order valence-corrected chi connectivity index (χ2v) is 31.7. The summed E-state index contributed by atoms with van der Waals surface area (Å²) in [7, 11) is 0. The van der Waals surface area contributed by atoms with Gasteiger partial charge in [-0.3, -0.25) is 0 Å². The molecule has 0 radical (unpaired) electrons. The molecular weight excluding hydrogens is 1450 g/mol. The van der Waals surface area contributed by atoms with Gasteiger partial charge in [0.05, 0.1) is 49.2 Å². The highest BCUT2D eigenvalue weighted by Crippen LogP contribution is 2.49. The van der Waals surface area contributed by atoms with Crippen molar-refractivity contribution in [3.05, 3.63) is 370 Å². The molecule has 0 aliphatic heterocycles. The van der Waals surface area contributed by atoms with Crippen LogP contribution in [0.2, 0.25) is 0 Å². The van der Waals surface area contributed by atoms with Crippen LogP contribution in [0.25, 0.3) is 256 Å². The van der Waals surface area contributed by atoms with Crippen LogP contribution in [0.4, 0.5) is 0 Å². The molecule has 544 valence electrons. The van der Waals surface area contributed by atoms with Gasteiger partial charge in [-0.25, -0.2) is 0 Å². The number of fused-ring (bicyclic) bond motifs is 36. The fourth-order valence-electron chi connectivity index (χ4n) is 19.5. The average molecular weight is 1510 g/mol. The molecule has 28 rings (SSSR count). The summed E-state index contributed by atoms with van der Waals surface area (Å²) < 4.78 is 41.8. The van der Waals surface area contributed by atoms with Crippen molar-refractivity contribution in [1.82, 2.24) is 13.7 Å². The smallest absolute Gasteiger partial charge is 0.159 e. The summed E-state index contributed by atoms with van der Waals surface area (Å²) in [6.07, 6.45) is 0. The third-order valence-corrected chi connectivity index (χ3v) is 25.8. The molecule has 19 aromatic carbocycles. The number of aromatic nitrogens is 3. The molecule has 0 saturated carbocycles. The summed E-state index contributed by atoms with van der Waals surface area (Å²) in [5.41, 5.74) is 22.0. The van der Waals surface area contributed by atoms with Crippen molar-refractivity contribution in [3.8, 4) is 28.2 Å². The fraction of sp³-hybridized carbons (Fsp3) is 0. The average Bonchev–Trinajstić information content (AvgIpc) is 1.57. The zero-order valence-electron chi connectivity index (χ0n) is 62.5. The largest absolute Gasteiger partial charge is 0.455 e. The molecule has 8 nitrogen and oxygen atoms in total. The molecule has 9 heteroatoms. The van der Waals surface area contributed by atoms with Gasteiger partial charge in [-0.1, -0.05) is 237 Å². The third-order valence-electron chi connectivity index (χ3n) is 24.6. The summed E-state index contributed by atoms with van der Waals surface area (Å²) in [5.74, 6) is 0. The van der Waals surface area contributed by atoms with Gasteiger partial charge in [0.2, 0.25) is 0 Å². The van der Waals surface area contributed by atoms with E-state index in [1.54, 1.807) is 0 Å². The number of rotatable bonds is 4. The zero-order valence-corrected chi connectivity index (χ0v) is 63.3. The maximum Gasteiger partial charge on any atom is 0.159 e. The van der Waals surface area contributed by atoms with Gasteiger partial charge in [-0.2, -0.15) is 0 Å². The van der Waals surface area contributed by atoms with Gasteiger partial charge in [0, 0.05) is 129 Å². The van der Waals surface area contributed by atoms with Crippen molar-refractivity contribution in [2.45, 2.75) is 0 Å². The Morgan fingerprint density at radius 3 is 0.957 bits per heavy atom. The van der Waals surface area contributed by atoms with Crippen LogP contribution in [0.5, 0.6) is 0 Å². The lowest BCUT2D eigenvalue weighted by atomic mass is 10.0. The van der Waals surface area contributed by atoms with Gasteiger partial charge >= 0.3 is 0 Å². The van der Waals surface area contributed by atoms with E-state index in [-0.39, 0.29) is 0 Å². The van der Waals surface area contributed by atoms with Crippen molar-refractivity contribution < 1.29 is 22.1 Å². The van der Waals surface area contributed by atoms with Crippen molar-refractivity contribution in [2.24, 2.45) is 0 Å². The van der Waals surface area contributed by atoms with Crippen LogP contribution in [-0.2, 0) is 0 Å². The molecule has 0 aliphatic carbocycles. The molecule has 9 aromatic heterocycles. The van der Waals surface area contributed by atoms with Crippen LogP contribution >= 0.6 is 11.3 Å². The van der Waals surface area contributed by atoms with E-state index in [0.29, 0.717) is 0 Å². The highest BCUT2D eigenvalue weighted by atomic mass is 32.1. The van der Waals surface area contributed by atoms with Gasteiger partial charge in [0.25, 0.3) is 0 Å². The minimum Gasteiger partial charge on any atom is -0.455 e. The highest BCUT2D eigenvalue weighted by molar-refractivity contribution is 7.26. The molecule has 0 N–H and O–H groups in total. The molecule has 0 aliphatic rings. The predicted octanol–water partition coefficient (Wildman–Crippen LogP) is 31.3. The first-order chi connectivity index (χ1) is 58.1. The Bertz CT molecular complexity index is 8780. The first-order valence-electron chi connectivity index (χ1n) is 39.7. The first kappa shape index (κ1) is 64.1. The van der Waals surface area contributed by atoms with Crippen LogP contribution < -0.4 is 0 Å². The van der Waals surface area contributed by atoms with Gasteiger partial charge < -0.3 is 35.8 Å². The van der Waals surface area contributed by atoms with E-state index in [9.17, 15) is 0 Å². The van der Waals surface area contributed by atoms with Crippen molar-refractivity contribution in [2.75, 3.05) is 0 Å². The lowest BCUT2D eigenvalue weighted by molar-refractivity contribution is 0.666. The molecule has 0 fully saturated rings. The Kier molecular flexibility index (Phi) is 13.5. The normalized spacial score (nSPS) is 12.3. The molecule has 0 unspecified atom stereocenters. The molecule has 0 bridgehead atoms. The molecule has 9 heterocycles. The molecule has 28 aromatic rings. The Hall–Kier alpha value is -15.4. The fourth-order valence-corrected chi connectivity index (χ4v) is 20.8. The van der Waals surface area contributed by atoms with Gasteiger partial charge in [-0.15, -0.1) is 11.3 Å². The summed E-state index contributed by atoms with van der Waals surface area (Å²) in [5, 5.41) is 28.6. The second-order valence-electron chi connectivity index (χ2n) is 30.7. The number of furan rings is 5. The molecule has 117 heavy (non-hydrogen) atoms. The molecule has 0 atom stereocenters. The summed E-state index contributed by atoms with van der Waals surface area (Å²) in [6.45, 7) is 0. The third kappa shape index (κ3) is 9.22. The van der Waals surface area contributed by atoms with E-state index in [4.69, 9.17) is 22.1 Å². The van der Waals surface area contributed by atoms with Gasteiger partial charge in [0.1, 0.15) is 50.2 Å². The van der Waals surface area contributed by atoms with Crippen LogP contribution in [0.15, 0.2) is 392 Å². The Balaban J connectivity index is 0.0000000961. The first-order valence-corrected chi connectivity index (χ1v) is 40.5. The highest BCUT2D eigenvalue weighted by Gasteiger charge is 2.25. The van der Waals surface area contributed by atoms with E-state index in [1.165, 1.54) is 107 Å². The number of nitrogens with zero attached hydrogens (tertiary/aromatic N) is 3. The molecule has 0 saturated heterocycles. The number of para-hydroxylation sites is 10. The van der Waals surface area contributed by atoms with Crippen molar-refractivity contribution >= 4 is 239 Å². The van der Waals surface area contributed by atoms with Gasteiger partial charge in [0.15, 0.2) is 5.58 Å². The van der Waals surface area contributed by atoms with Crippen molar-refractivity contribution in [3.63, 3.8) is 0 Å². The molecule has 0 amide bonds. The quantitative estimate of drug-likeness (QED) is 0.175. The van der Waals surface area contributed by atoms with Crippen LogP contribution in [0.1, 0.15) is 0 Å². The molecular formula is C108H61N3O5S. The standard InChI is InChI=1S/C40H23NO2.C34H19NO2.C34H19NOS/c1-4-13-34-33(10-1)38-29-20-21-31-28-9-3-6-15-37(28)43-40(31)32(29)22-23-35(38)41(34)25-18-16-24(17-19-25)26-11-7-12-30-27-8-2-5-14-36(27)42-39(26)30;1-4-12-27-26(10-1)32-22-16-17-24-21-9-3-5-14-30(21)36-33(24)25(22)18-19-28(32)35(27)29-13-7-11-23-20-8-2-6-15-31(20)37-34(23)29;1-4-12-27-26(10-1)32-22-16-17-23-20-8-2-5-14-30(20)36-33(23)24(22)18-19-28(32)35(27)29-13-7-11-25-21-9-3-6-15-31(21)37-34(25)29/h1-23H;2*1-19H. The minimum absolute atomic E-state index is 0.902. The molecule has 0 spiro atoms. The summed E-state index contributed by atoms with van der Waals surface area (Å²) in [4.78, 5) is 0. The number of thiophene rings is 1. The van der Waals surface area contributed by atoms with Gasteiger partial charge in [-0.05, 0) is 155 Å². The Morgan fingerprint density at radius 1 is 0.179 bits per heavy atom. The topological polar surface area (TPSA) is 80.5 Å². The monoisotopic (exact) mass is 1510 g/mol. The van der Waals surface area contributed by atoms with E-state index >= 15 is 0 Å². The maximum atomic E-state index is 6.45. The van der Waals surface area contributed by atoms with Crippen LogP contribution in [-0.4, -0.2) is 13.7 Å². The van der Waals surface area contributed by atoms with Crippen LogP contribution in [0, 0.1) is 0 Å². The van der Waals surface area contributed by atoms with Crippen molar-refractivity contribution in [1.29, 1.82) is 0 Å². The van der Waals surface area contributed by atoms with E-state index < -0.39 is 0 Å². The Labute approximate surface area is 668 Å². The van der Waals surface area contributed by atoms with E-state index in [2.05, 4.69) is 329 Å². The zero-order chi connectivity index (χ0) is 76.2. The lowest BCUT2D eigenvalue weighted by Crippen LogP contribution is -1.94. The number of hydrogen-bond acceptors (Lipinski definition) is 6.